The average Bonchev–Trinajstić information content (AvgIpc) is 2.71. The van der Waals surface area contributed by atoms with Gasteiger partial charge in [0.05, 0.1) is 6.04 Å². The standard InChI is InChI=1S/C12H14N4O3/c1-8(9-4-3-5-10(17)6-9)14-12-11(16(18)19)13-7-15(12)2/h3-8,14,17H,1-2H3/t8-/m1/s1. The van der Waals surface area contributed by atoms with Gasteiger partial charge in [-0.15, -0.1) is 0 Å². The number of aryl methyl sites for hydroxylation is 1. The predicted molar refractivity (Wildman–Crippen MR) is 70.0 cm³/mol. The lowest BCUT2D eigenvalue weighted by molar-refractivity contribution is -0.388. The van der Waals surface area contributed by atoms with Gasteiger partial charge in [-0.2, -0.15) is 0 Å². The van der Waals surface area contributed by atoms with Crippen LogP contribution in [0.4, 0.5) is 11.6 Å². The molecule has 1 aromatic heterocycles. The smallest absolute Gasteiger partial charge is 0.406 e. The number of hydrogen-bond acceptors (Lipinski definition) is 5. The van der Waals surface area contributed by atoms with Gasteiger partial charge in [0.2, 0.25) is 12.1 Å². The van der Waals surface area contributed by atoms with Gasteiger partial charge in [0, 0.05) is 7.05 Å². The minimum Gasteiger partial charge on any atom is -0.508 e. The van der Waals surface area contributed by atoms with Crippen LogP contribution in [0.5, 0.6) is 5.75 Å². The number of phenols is 1. The Kier molecular flexibility index (Phi) is 3.37. The van der Waals surface area contributed by atoms with Crippen LogP contribution in [0.1, 0.15) is 18.5 Å². The van der Waals surface area contributed by atoms with E-state index in [-0.39, 0.29) is 17.6 Å². The molecule has 0 unspecified atom stereocenters. The summed E-state index contributed by atoms with van der Waals surface area (Å²) in [6.07, 6.45) is 1.38. The van der Waals surface area contributed by atoms with Gasteiger partial charge in [-0.1, -0.05) is 12.1 Å². The van der Waals surface area contributed by atoms with Gasteiger partial charge in [0.25, 0.3) is 0 Å². The molecule has 1 aromatic carbocycles. The van der Waals surface area contributed by atoms with Crippen LogP contribution in [0.25, 0.3) is 0 Å². The molecule has 100 valence electrons. The molecule has 19 heavy (non-hydrogen) atoms. The number of imidazole rings is 1. The van der Waals surface area contributed by atoms with Crippen LogP contribution < -0.4 is 5.32 Å². The van der Waals surface area contributed by atoms with Gasteiger partial charge in [0.15, 0.2) is 0 Å². The second kappa shape index (κ2) is 4.97. The molecule has 7 nitrogen and oxygen atoms in total. The summed E-state index contributed by atoms with van der Waals surface area (Å²) < 4.78 is 1.55. The third-order valence-corrected chi connectivity index (χ3v) is 2.81. The second-order valence-corrected chi connectivity index (χ2v) is 4.25. The Morgan fingerprint density at radius 2 is 2.26 bits per heavy atom. The van der Waals surface area contributed by atoms with Crippen molar-refractivity contribution in [3.05, 3.63) is 46.3 Å². The third kappa shape index (κ3) is 2.65. The third-order valence-electron chi connectivity index (χ3n) is 2.81. The summed E-state index contributed by atoms with van der Waals surface area (Å²) >= 11 is 0. The first kappa shape index (κ1) is 12.9. The molecule has 0 fully saturated rings. The number of benzene rings is 1. The maximum absolute atomic E-state index is 10.9. The van der Waals surface area contributed by atoms with Crippen molar-refractivity contribution in [3.63, 3.8) is 0 Å². The lowest BCUT2D eigenvalue weighted by Crippen LogP contribution is -2.10. The first-order valence-corrected chi connectivity index (χ1v) is 5.70. The summed E-state index contributed by atoms with van der Waals surface area (Å²) in [6.45, 7) is 1.85. The highest BCUT2D eigenvalue weighted by atomic mass is 16.6. The van der Waals surface area contributed by atoms with Crippen LogP contribution in [-0.2, 0) is 7.05 Å². The molecule has 0 aliphatic heterocycles. The first-order valence-electron chi connectivity index (χ1n) is 5.70. The highest BCUT2D eigenvalue weighted by Crippen LogP contribution is 2.27. The molecule has 7 heteroatoms. The zero-order valence-corrected chi connectivity index (χ0v) is 10.6. The Bertz CT molecular complexity index is 609. The Balaban J connectivity index is 2.26. The van der Waals surface area contributed by atoms with E-state index in [0.29, 0.717) is 5.82 Å². The molecule has 0 bridgehead atoms. The fourth-order valence-electron chi connectivity index (χ4n) is 1.80. The number of nitrogens with zero attached hydrogens (tertiary/aromatic N) is 3. The number of aromatic nitrogens is 2. The molecule has 0 aliphatic rings. The first-order chi connectivity index (χ1) is 8.99. The largest absolute Gasteiger partial charge is 0.508 e. The molecule has 2 rings (SSSR count). The van der Waals surface area contributed by atoms with Gasteiger partial charge in [-0.25, -0.2) is 0 Å². The Labute approximate surface area is 109 Å². The summed E-state index contributed by atoms with van der Waals surface area (Å²) in [6, 6.07) is 6.55. The van der Waals surface area contributed by atoms with Crippen molar-refractivity contribution in [2.75, 3.05) is 5.32 Å². The summed E-state index contributed by atoms with van der Waals surface area (Å²) in [7, 11) is 1.68. The van der Waals surface area contributed by atoms with Crippen molar-refractivity contribution in [1.29, 1.82) is 0 Å². The number of nitrogens with one attached hydrogen (secondary N) is 1. The van der Waals surface area contributed by atoms with Crippen LogP contribution in [0.15, 0.2) is 30.6 Å². The quantitative estimate of drug-likeness (QED) is 0.650. The number of phenolic OH excluding ortho intramolecular Hbond substituents is 1. The van der Waals surface area contributed by atoms with Gasteiger partial charge in [-0.3, -0.25) is 4.57 Å². The van der Waals surface area contributed by atoms with E-state index in [1.165, 1.54) is 6.33 Å². The van der Waals surface area contributed by atoms with E-state index in [1.54, 1.807) is 29.8 Å². The minimum atomic E-state index is -0.530. The molecule has 0 saturated carbocycles. The number of nitro groups is 1. The van der Waals surface area contributed by atoms with E-state index in [1.807, 2.05) is 13.0 Å². The summed E-state index contributed by atoms with van der Waals surface area (Å²) in [5, 5.41) is 23.3. The lowest BCUT2D eigenvalue weighted by atomic mass is 10.1. The van der Waals surface area contributed by atoms with Gasteiger partial charge < -0.3 is 20.5 Å². The van der Waals surface area contributed by atoms with Crippen molar-refractivity contribution < 1.29 is 10.0 Å². The topological polar surface area (TPSA) is 93.2 Å². The van der Waals surface area contributed by atoms with Crippen LogP contribution >= 0.6 is 0 Å². The number of anilines is 1. The number of hydrogen-bond donors (Lipinski definition) is 2. The fourth-order valence-corrected chi connectivity index (χ4v) is 1.80. The molecule has 1 atom stereocenters. The van der Waals surface area contributed by atoms with Crippen molar-refractivity contribution in [3.8, 4) is 5.75 Å². The Morgan fingerprint density at radius 3 is 2.89 bits per heavy atom. The molecule has 0 aliphatic carbocycles. The molecule has 2 aromatic rings. The number of rotatable bonds is 4. The van der Waals surface area contributed by atoms with Crippen molar-refractivity contribution in [1.82, 2.24) is 9.55 Å². The van der Waals surface area contributed by atoms with Crippen molar-refractivity contribution in [2.24, 2.45) is 7.05 Å². The minimum absolute atomic E-state index is 0.158. The molecule has 2 N–H and O–H groups in total. The maximum atomic E-state index is 10.9. The molecule has 0 amide bonds. The molecule has 0 saturated heterocycles. The Morgan fingerprint density at radius 1 is 1.53 bits per heavy atom. The zero-order chi connectivity index (χ0) is 14.0. The van der Waals surface area contributed by atoms with E-state index in [4.69, 9.17) is 0 Å². The molecular formula is C12H14N4O3. The molecular weight excluding hydrogens is 248 g/mol. The summed E-state index contributed by atoms with van der Waals surface area (Å²) in [5.74, 6) is 0.279. The lowest BCUT2D eigenvalue weighted by Gasteiger charge is -2.15. The van der Waals surface area contributed by atoms with Crippen molar-refractivity contribution >= 4 is 11.6 Å². The summed E-state index contributed by atoms with van der Waals surface area (Å²) in [5.41, 5.74) is 0.829. The van der Waals surface area contributed by atoms with Crippen LogP contribution in [0, 0.1) is 10.1 Å². The van der Waals surface area contributed by atoms with Gasteiger partial charge in [-0.05, 0) is 34.5 Å². The van der Waals surface area contributed by atoms with Gasteiger partial charge >= 0.3 is 5.82 Å². The van der Waals surface area contributed by atoms with E-state index in [2.05, 4.69) is 10.3 Å². The normalized spacial score (nSPS) is 12.1. The Hall–Kier alpha value is -2.57. The van der Waals surface area contributed by atoms with Gasteiger partial charge in [0.1, 0.15) is 5.75 Å². The monoisotopic (exact) mass is 262 g/mol. The van der Waals surface area contributed by atoms with E-state index in [9.17, 15) is 15.2 Å². The average molecular weight is 262 g/mol. The molecule has 0 radical (unpaired) electrons. The van der Waals surface area contributed by atoms with Crippen LogP contribution in [-0.4, -0.2) is 19.6 Å². The van der Waals surface area contributed by atoms with Crippen LogP contribution in [0.3, 0.4) is 0 Å². The highest BCUT2D eigenvalue weighted by Gasteiger charge is 2.21. The van der Waals surface area contributed by atoms with E-state index >= 15 is 0 Å². The second-order valence-electron chi connectivity index (χ2n) is 4.25. The SMILES string of the molecule is C[C@@H](Nc1c([N+](=O)[O-])ncn1C)c1cccc(O)c1. The number of aromatic hydroxyl groups is 1. The fraction of sp³-hybridized carbons (Fsp3) is 0.250. The van der Waals surface area contributed by atoms with E-state index in [0.717, 1.165) is 5.56 Å². The predicted octanol–water partition coefficient (Wildman–Crippen LogP) is 2.21. The van der Waals surface area contributed by atoms with E-state index < -0.39 is 4.92 Å². The summed E-state index contributed by atoms with van der Waals surface area (Å²) in [4.78, 5) is 14.1. The van der Waals surface area contributed by atoms with Crippen LogP contribution in [0.2, 0.25) is 0 Å². The maximum Gasteiger partial charge on any atom is 0.406 e. The highest BCUT2D eigenvalue weighted by molar-refractivity contribution is 5.53. The zero-order valence-electron chi connectivity index (χ0n) is 10.6. The van der Waals surface area contributed by atoms with Crippen molar-refractivity contribution in [2.45, 2.75) is 13.0 Å². The molecule has 0 spiro atoms. The molecule has 1 heterocycles.